The standard InChI is InChI=1S/C17H35N3O/c1-4-7-18-12-16-5-6-17(21-16)14-20-10-8-19(9-11-20)13-15(2)3/h15-18H,4-14H2,1-3H3. The van der Waals surface area contributed by atoms with Crippen LogP contribution >= 0.6 is 0 Å². The Morgan fingerprint density at radius 1 is 1.05 bits per heavy atom. The van der Waals surface area contributed by atoms with E-state index in [4.69, 9.17) is 4.74 Å². The summed E-state index contributed by atoms with van der Waals surface area (Å²) in [5.41, 5.74) is 0. The molecular weight excluding hydrogens is 262 g/mol. The first-order valence-electron chi connectivity index (χ1n) is 8.98. The first-order valence-corrected chi connectivity index (χ1v) is 8.98. The van der Waals surface area contributed by atoms with Gasteiger partial charge in [0, 0.05) is 45.8 Å². The highest BCUT2D eigenvalue weighted by molar-refractivity contribution is 4.80. The van der Waals surface area contributed by atoms with Crippen LogP contribution in [0.1, 0.15) is 40.0 Å². The smallest absolute Gasteiger partial charge is 0.0707 e. The minimum atomic E-state index is 0.448. The van der Waals surface area contributed by atoms with Crippen molar-refractivity contribution >= 4 is 0 Å². The molecule has 124 valence electrons. The van der Waals surface area contributed by atoms with Crippen LogP contribution < -0.4 is 5.32 Å². The Kier molecular flexibility index (Phi) is 7.44. The lowest BCUT2D eigenvalue weighted by molar-refractivity contribution is 0.0119. The van der Waals surface area contributed by atoms with E-state index in [1.807, 2.05) is 0 Å². The first kappa shape index (κ1) is 17.2. The van der Waals surface area contributed by atoms with Gasteiger partial charge < -0.3 is 15.0 Å². The van der Waals surface area contributed by atoms with E-state index in [0.717, 1.165) is 25.6 Å². The first-order chi connectivity index (χ1) is 10.2. The van der Waals surface area contributed by atoms with Gasteiger partial charge in [-0.05, 0) is 31.7 Å². The second-order valence-electron chi connectivity index (χ2n) is 7.16. The van der Waals surface area contributed by atoms with Crippen LogP contribution in [0, 0.1) is 5.92 Å². The number of hydrogen-bond acceptors (Lipinski definition) is 4. The summed E-state index contributed by atoms with van der Waals surface area (Å²) in [7, 11) is 0. The second-order valence-corrected chi connectivity index (χ2v) is 7.16. The molecule has 1 N–H and O–H groups in total. The molecule has 2 rings (SSSR count). The van der Waals surface area contributed by atoms with Gasteiger partial charge in [-0.15, -0.1) is 0 Å². The normalized spacial score (nSPS) is 28.6. The Hall–Kier alpha value is -0.160. The zero-order chi connectivity index (χ0) is 15.1. The summed E-state index contributed by atoms with van der Waals surface area (Å²) in [5, 5.41) is 3.48. The van der Waals surface area contributed by atoms with Crippen LogP contribution in [0.15, 0.2) is 0 Å². The van der Waals surface area contributed by atoms with Gasteiger partial charge in [0.15, 0.2) is 0 Å². The van der Waals surface area contributed by atoms with E-state index >= 15 is 0 Å². The van der Waals surface area contributed by atoms with Crippen molar-refractivity contribution in [2.45, 2.75) is 52.2 Å². The van der Waals surface area contributed by atoms with Gasteiger partial charge in [0.1, 0.15) is 0 Å². The van der Waals surface area contributed by atoms with Crippen molar-refractivity contribution in [2.75, 3.05) is 52.4 Å². The third-order valence-electron chi connectivity index (χ3n) is 4.54. The molecule has 2 aliphatic heterocycles. The van der Waals surface area contributed by atoms with Gasteiger partial charge in [-0.3, -0.25) is 4.90 Å². The maximum Gasteiger partial charge on any atom is 0.0707 e. The molecule has 2 unspecified atom stereocenters. The maximum absolute atomic E-state index is 6.18. The van der Waals surface area contributed by atoms with E-state index in [2.05, 4.69) is 35.9 Å². The van der Waals surface area contributed by atoms with E-state index in [1.54, 1.807) is 0 Å². The van der Waals surface area contributed by atoms with Crippen molar-refractivity contribution in [1.29, 1.82) is 0 Å². The molecule has 2 saturated heterocycles. The molecule has 2 aliphatic rings. The summed E-state index contributed by atoms with van der Waals surface area (Å²) in [6.45, 7) is 16.3. The fourth-order valence-electron chi connectivity index (χ4n) is 3.46. The number of rotatable bonds is 8. The second kappa shape index (κ2) is 9.09. The van der Waals surface area contributed by atoms with E-state index < -0.39 is 0 Å². The van der Waals surface area contributed by atoms with Crippen molar-refractivity contribution in [2.24, 2.45) is 5.92 Å². The van der Waals surface area contributed by atoms with Crippen molar-refractivity contribution in [3.05, 3.63) is 0 Å². The van der Waals surface area contributed by atoms with Crippen LogP contribution in [0.5, 0.6) is 0 Å². The zero-order valence-electron chi connectivity index (χ0n) is 14.3. The van der Waals surface area contributed by atoms with Gasteiger partial charge in [0.05, 0.1) is 12.2 Å². The summed E-state index contributed by atoms with van der Waals surface area (Å²) in [6, 6.07) is 0. The molecule has 2 atom stereocenters. The van der Waals surface area contributed by atoms with Crippen LogP contribution in [-0.4, -0.2) is 74.4 Å². The summed E-state index contributed by atoms with van der Waals surface area (Å²) < 4.78 is 6.18. The Bertz CT molecular complexity index is 277. The molecule has 0 radical (unpaired) electrons. The van der Waals surface area contributed by atoms with Gasteiger partial charge in [0.2, 0.25) is 0 Å². The molecule has 21 heavy (non-hydrogen) atoms. The maximum atomic E-state index is 6.18. The Balaban J connectivity index is 1.59. The SMILES string of the molecule is CCCNCC1CCC(CN2CCN(CC(C)C)CC2)O1. The minimum Gasteiger partial charge on any atom is -0.372 e. The predicted octanol–water partition coefficient (Wildman–Crippen LogP) is 1.81. The van der Waals surface area contributed by atoms with Crippen LogP contribution in [0.3, 0.4) is 0 Å². The van der Waals surface area contributed by atoms with Gasteiger partial charge in [-0.2, -0.15) is 0 Å². The summed E-state index contributed by atoms with van der Waals surface area (Å²) in [6.07, 6.45) is 4.59. The molecular formula is C17H35N3O. The molecule has 2 heterocycles. The molecule has 0 bridgehead atoms. The summed E-state index contributed by atoms with van der Waals surface area (Å²) >= 11 is 0. The van der Waals surface area contributed by atoms with Crippen molar-refractivity contribution in [1.82, 2.24) is 15.1 Å². The summed E-state index contributed by atoms with van der Waals surface area (Å²) in [4.78, 5) is 5.21. The molecule has 4 nitrogen and oxygen atoms in total. The Morgan fingerprint density at radius 2 is 1.71 bits per heavy atom. The minimum absolute atomic E-state index is 0.448. The third kappa shape index (κ3) is 6.23. The van der Waals surface area contributed by atoms with Crippen LogP contribution in [0.25, 0.3) is 0 Å². The monoisotopic (exact) mass is 297 g/mol. The van der Waals surface area contributed by atoms with Crippen molar-refractivity contribution in [3.8, 4) is 0 Å². The van der Waals surface area contributed by atoms with E-state index in [9.17, 15) is 0 Å². The molecule has 0 aromatic heterocycles. The average molecular weight is 297 g/mol. The Labute approximate surface area is 131 Å². The lowest BCUT2D eigenvalue weighted by Crippen LogP contribution is -2.49. The molecule has 0 saturated carbocycles. The number of ether oxygens (including phenoxy) is 1. The largest absolute Gasteiger partial charge is 0.372 e. The number of piperazine rings is 1. The fraction of sp³-hybridized carbons (Fsp3) is 1.00. The summed E-state index contributed by atoms with van der Waals surface area (Å²) in [5.74, 6) is 0.783. The molecule has 0 spiro atoms. The van der Waals surface area contributed by atoms with Gasteiger partial charge in [-0.1, -0.05) is 20.8 Å². The lowest BCUT2D eigenvalue weighted by atomic mass is 10.1. The molecule has 2 fully saturated rings. The Morgan fingerprint density at radius 3 is 2.38 bits per heavy atom. The average Bonchev–Trinajstić information content (AvgIpc) is 2.88. The van der Waals surface area contributed by atoms with Crippen LogP contribution in [-0.2, 0) is 4.74 Å². The molecule has 0 aliphatic carbocycles. The highest BCUT2D eigenvalue weighted by Gasteiger charge is 2.27. The zero-order valence-corrected chi connectivity index (χ0v) is 14.3. The van der Waals surface area contributed by atoms with Crippen molar-refractivity contribution in [3.63, 3.8) is 0 Å². The van der Waals surface area contributed by atoms with Crippen LogP contribution in [0.2, 0.25) is 0 Å². The fourth-order valence-corrected chi connectivity index (χ4v) is 3.46. The van der Waals surface area contributed by atoms with E-state index in [-0.39, 0.29) is 0 Å². The third-order valence-corrected chi connectivity index (χ3v) is 4.54. The predicted molar refractivity (Wildman–Crippen MR) is 88.8 cm³/mol. The van der Waals surface area contributed by atoms with Gasteiger partial charge >= 0.3 is 0 Å². The van der Waals surface area contributed by atoms with Crippen LogP contribution in [0.4, 0.5) is 0 Å². The van der Waals surface area contributed by atoms with E-state index in [1.165, 1.54) is 52.0 Å². The molecule has 0 aromatic rings. The quantitative estimate of drug-likeness (QED) is 0.692. The highest BCUT2D eigenvalue weighted by atomic mass is 16.5. The lowest BCUT2D eigenvalue weighted by Gasteiger charge is -2.36. The molecule has 0 aromatic carbocycles. The molecule has 0 amide bonds. The number of hydrogen-bond donors (Lipinski definition) is 1. The molecule has 4 heteroatoms. The number of nitrogens with one attached hydrogen (secondary N) is 1. The topological polar surface area (TPSA) is 27.7 Å². The van der Waals surface area contributed by atoms with Crippen molar-refractivity contribution < 1.29 is 4.74 Å². The number of nitrogens with zero attached hydrogens (tertiary/aromatic N) is 2. The van der Waals surface area contributed by atoms with E-state index in [0.29, 0.717) is 12.2 Å². The van der Waals surface area contributed by atoms with Gasteiger partial charge in [-0.25, -0.2) is 0 Å². The van der Waals surface area contributed by atoms with Gasteiger partial charge in [0.25, 0.3) is 0 Å². The highest BCUT2D eigenvalue weighted by Crippen LogP contribution is 2.20.